The summed E-state index contributed by atoms with van der Waals surface area (Å²) in [7, 11) is 0. The van der Waals surface area contributed by atoms with Crippen molar-refractivity contribution in [1.82, 2.24) is 0 Å². The summed E-state index contributed by atoms with van der Waals surface area (Å²) in [6, 6.07) is 18.7. The number of nitrogens with two attached hydrogens (primary N) is 1. The first-order valence-corrected chi connectivity index (χ1v) is 9.89. The van der Waals surface area contributed by atoms with Gasteiger partial charge in [-0.2, -0.15) is 0 Å². The predicted molar refractivity (Wildman–Crippen MR) is 109 cm³/mol. The van der Waals surface area contributed by atoms with E-state index in [1.165, 1.54) is 0 Å². The smallest absolute Gasteiger partial charge is 0.353 e. The van der Waals surface area contributed by atoms with Gasteiger partial charge in [0, 0.05) is 12.8 Å². The zero-order valence-electron chi connectivity index (χ0n) is 16.6. The average molecular weight is 399 g/mol. The van der Waals surface area contributed by atoms with Gasteiger partial charge in [-0.05, 0) is 24.0 Å². The Labute approximate surface area is 171 Å². The van der Waals surface area contributed by atoms with E-state index in [4.69, 9.17) is 15.2 Å². The van der Waals surface area contributed by atoms with Crippen LogP contribution in [0.3, 0.4) is 0 Å². The molecule has 0 aliphatic rings. The molecular weight excluding hydrogens is 370 g/mol. The maximum absolute atomic E-state index is 12.0. The number of carbonyl (C=O) groups is 2. The third-order valence-corrected chi connectivity index (χ3v) is 4.50. The van der Waals surface area contributed by atoms with Crippen LogP contribution in [-0.2, 0) is 32.3 Å². The Hall–Kier alpha value is -2.70. The van der Waals surface area contributed by atoms with Crippen molar-refractivity contribution < 1.29 is 24.2 Å². The standard InChI is InChI=1S/C23H29NO5/c24-23(27,22(26)29-18-20-13-7-4-8-14-20)16-10-2-1-9-15-21(25)28-17-19-11-5-3-6-12-19/h3-8,11-14,27H,1-2,9-10,15-18,24H2. The Morgan fingerprint density at radius 2 is 1.31 bits per heavy atom. The van der Waals surface area contributed by atoms with Gasteiger partial charge in [0.1, 0.15) is 13.2 Å². The van der Waals surface area contributed by atoms with Crippen LogP contribution >= 0.6 is 0 Å². The molecule has 0 bridgehead atoms. The summed E-state index contributed by atoms with van der Waals surface area (Å²) in [6.45, 7) is 0.356. The third kappa shape index (κ3) is 8.89. The van der Waals surface area contributed by atoms with E-state index in [0.29, 0.717) is 19.3 Å². The van der Waals surface area contributed by atoms with Crippen LogP contribution in [0.25, 0.3) is 0 Å². The van der Waals surface area contributed by atoms with E-state index < -0.39 is 11.7 Å². The fraction of sp³-hybridized carbons (Fsp3) is 0.391. The first-order valence-electron chi connectivity index (χ1n) is 9.89. The Kier molecular flexibility index (Phi) is 9.34. The summed E-state index contributed by atoms with van der Waals surface area (Å²) in [5, 5.41) is 10.1. The second kappa shape index (κ2) is 12.0. The number of carbonyl (C=O) groups excluding carboxylic acids is 2. The molecule has 0 spiro atoms. The van der Waals surface area contributed by atoms with E-state index >= 15 is 0 Å². The second-order valence-corrected chi connectivity index (χ2v) is 7.05. The molecule has 0 fully saturated rings. The zero-order chi connectivity index (χ0) is 21.0. The fourth-order valence-electron chi connectivity index (χ4n) is 2.78. The minimum atomic E-state index is -2.00. The summed E-state index contributed by atoms with van der Waals surface area (Å²) in [4.78, 5) is 23.7. The van der Waals surface area contributed by atoms with Crippen LogP contribution in [0, 0.1) is 0 Å². The highest BCUT2D eigenvalue weighted by atomic mass is 16.6. The van der Waals surface area contributed by atoms with Crippen molar-refractivity contribution in [3.63, 3.8) is 0 Å². The third-order valence-electron chi connectivity index (χ3n) is 4.50. The van der Waals surface area contributed by atoms with Gasteiger partial charge in [-0.15, -0.1) is 0 Å². The topological polar surface area (TPSA) is 98.9 Å². The lowest BCUT2D eigenvalue weighted by Gasteiger charge is -2.21. The summed E-state index contributed by atoms with van der Waals surface area (Å²) in [5.41, 5.74) is 5.48. The Morgan fingerprint density at radius 1 is 0.793 bits per heavy atom. The van der Waals surface area contributed by atoms with Crippen molar-refractivity contribution in [3.8, 4) is 0 Å². The quantitative estimate of drug-likeness (QED) is 0.322. The SMILES string of the molecule is NC(O)(CCCCCCC(=O)OCc1ccccc1)C(=O)OCc1ccccc1. The molecule has 2 aromatic rings. The van der Waals surface area contributed by atoms with Crippen molar-refractivity contribution in [3.05, 3.63) is 71.8 Å². The Bertz CT molecular complexity index is 746. The molecular formula is C23H29NO5. The fourth-order valence-corrected chi connectivity index (χ4v) is 2.78. The number of ether oxygens (including phenoxy) is 2. The number of benzene rings is 2. The molecule has 0 radical (unpaired) electrons. The van der Waals surface area contributed by atoms with Crippen LogP contribution in [0.2, 0.25) is 0 Å². The Morgan fingerprint density at radius 3 is 1.90 bits per heavy atom. The summed E-state index contributed by atoms with van der Waals surface area (Å²) in [6.07, 6.45) is 3.24. The maximum Gasteiger partial charge on any atom is 0.353 e. The van der Waals surface area contributed by atoms with Crippen LogP contribution in [0.5, 0.6) is 0 Å². The molecule has 0 saturated heterocycles. The van der Waals surface area contributed by atoms with Crippen LogP contribution in [0.1, 0.15) is 49.7 Å². The van der Waals surface area contributed by atoms with Gasteiger partial charge in [-0.1, -0.05) is 73.5 Å². The van der Waals surface area contributed by atoms with Gasteiger partial charge in [-0.25, -0.2) is 4.79 Å². The number of hydrogen-bond donors (Lipinski definition) is 2. The maximum atomic E-state index is 12.0. The second-order valence-electron chi connectivity index (χ2n) is 7.05. The Balaban J connectivity index is 1.54. The highest BCUT2D eigenvalue weighted by molar-refractivity contribution is 5.78. The van der Waals surface area contributed by atoms with Gasteiger partial charge in [-0.3, -0.25) is 10.5 Å². The molecule has 156 valence electrons. The predicted octanol–water partition coefficient (Wildman–Crippen LogP) is 3.46. The molecule has 6 heteroatoms. The van der Waals surface area contributed by atoms with Gasteiger partial charge in [0.05, 0.1) is 0 Å². The van der Waals surface area contributed by atoms with Gasteiger partial charge in [0.25, 0.3) is 0 Å². The molecule has 2 aromatic carbocycles. The van der Waals surface area contributed by atoms with E-state index in [0.717, 1.165) is 24.0 Å². The number of esters is 2. The molecule has 2 rings (SSSR count). The number of unbranched alkanes of at least 4 members (excludes halogenated alkanes) is 3. The minimum Gasteiger partial charge on any atom is -0.461 e. The van der Waals surface area contributed by atoms with Gasteiger partial charge < -0.3 is 14.6 Å². The van der Waals surface area contributed by atoms with Crippen LogP contribution in [0.4, 0.5) is 0 Å². The van der Waals surface area contributed by atoms with Crippen LogP contribution < -0.4 is 5.73 Å². The first-order chi connectivity index (χ1) is 14.0. The molecule has 6 nitrogen and oxygen atoms in total. The van der Waals surface area contributed by atoms with E-state index in [-0.39, 0.29) is 25.6 Å². The van der Waals surface area contributed by atoms with Gasteiger partial charge in [0.15, 0.2) is 0 Å². The lowest BCUT2D eigenvalue weighted by Crippen LogP contribution is -2.48. The van der Waals surface area contributed by atoms with Crippen LogP contribution in [-0.4, -0.2) is 22.8 Å². The number of hydrogen-bond acceptors (Lipinski definition) is 6. The summed E-state index contributed by atoms with van der Waals surface area (Å²) >= 11 is 0. The van der Waals surface area contributed by atoms with Crippen LogP contribution in [0.15, 0.2) is 60.7 Å². The van der Waals surface area contributed by atoms with E-state index in [1.54, 1.807) is 0 Å². The van der Waals surface area contributed by atoms with Crippen molar-refractivity contribution in [2.24, 2.45) is 5.73 Å². The molecule has 1 atom stereocenters. The van der Waals surface area contributed by atoms with Crippen molar-refractivity contribution in [1.29, 1.82) is 0 Å². The molecule has 0 amide bonds. The number of rotatable bonds is 12. The number of aliphatic hydroxyl groups is 1. The minimum absolute atomic E-state index is 0.0737. The van der Waals surface area contributed by atoms with Crippen molar-refractivity contribution in [2.75, 3.05) is 0 Å². The van der Waals surface area contributed by atoms with Gasteiger partial charge >= 0.3 is 11.9 Å². The van der Waals surface area contributed by atoms with Gasteiger partial charge in [0.2, 0.25) is 5.72 Å². The normalized spacial score (nSPS) is 12.8. The lowest BCUT2D eigenvalue weighted by molar-refractivity contribution is -0.167. The molecule has 0 heterocycles. The molecule has 3 N–H and O–H groups in total. The monoisotopic (exact) mass is 399 g/mol. The molecule has 0 aromatic heterocycles. The lowest BCUT2D eigenvalue weighted by atomic mass is 10.0. The molecule has 29 heavy (non-hydrogen) atoms. The summed E-state index contributed by atoms with van der Waals surface area (Å²) in [5.74, 6) is -1.06. The highest BCUT2D eigenvalue weighted by Gasteiger charge is 2.32. The van der Waals surface area contributed by atoms with E-state index in [9.17, 15) is 14.7 Å². The first kappa shape index (κ1) is 22.6. The summed E-state index contributed by atoms with van der Waals surface area (Å²) < 4.78 is 10.3. The average Bonchev–Trinajstić information content (AvgIpc) is 2.74. The molecule has 1 unspecified atom stereocenters. The zero-order valence-corrected chi connectivity index (χ0v) is 16.6. The molecule has 0 aliphatic carbocycles. The largest absolute Gasteiger partial charge is 0.461 e. The van der Waals surface area contributed by atoms with E-state index in [1.807, 2.05) is 60.7 Å². The van der Waals surface area contributed by atoms with Crippen molar-refractivity contribution in [2.45, 2.75) is 57.5 Å². The molecule has 0 saturated carbocycles. The highest BCUT2D eigenvalue weighted by Crippen LogP contribution is 2.15. The molecule has 0 aliphatic heterocycles. The van der Waals surface area contributed by atoms with Crippen molar-refractivity contribution >= 4 is 11.9 Å². The van der Waals surface area contributed by atoms with E-state index in [2.05, 4.69) is 0 Å².